The smallest absolute Gasteiger partial charge is 0.254 e. The van der Waals surface area contributed by atoms with E-state index in [0.29, 0.717) is 17.8 Å². The molecular formula is C13H21N3OS. The minimum absolute atomic E-state index is 0.135. The Labute approximate surface area is 113 Å². The van der Waals surface area contributed by atoms with Gasteiger partial charge in [0, 0.05) is 24.6 Å². The highest BCUT2D eigenvalue weighted by Crippen LogP contribution is 2.08. The molecule has 0 saturated carbocycles. The maximum Gasteiger partial charge on any atom is 0.254 e. The van der Waals surface area contributed by atoms with E-state index < -0.39 is 0 Å². The van der Waals surface area contributed by atoms with E-state index in [4.69, 9.17) is 5.73 Å². The lowest BCUT2D eigenvalue weighted by atomic mass is 10.2. The number of aromatic nitrogens is 1. The molecule has 1 aromatic heterocycles. The zero-order valence-electron chi connectivity index (χ0n) is 10.8. The van der Waals surface area contributed by atoms with Gasteiger partial charge in [0.2, 0.25) is 0 Å². The lowest BCUT2D eigenvalue weighted by Gasteiger charge is -2.06. The molecule has 0 aromatic carbocycles. The average Bonchev–Trinajstić information content (AvgIpc) is 2.38. The van der Waals surface area contributed by atoms with Gasteiger partial charge in [-0.25, -0.2) is 0 Å². The number of hydrogen-bond donors (Lipinski definition) is 2. The molecule has 1 aromatic rings. The molecule has 0 radical (unpaired) electrons. The average molecular weight is 267 g/mol. The Balaban J connectivity index is 2.16. The van der Waals surface area contributed by atoms with Crippen LogP contribution in [-0.4, -0.2) is 29.4 Å². The molecular weight excluding hydrogens is 246 g/mol. The van der Waals surface area contributed by atoms with Crippen LogP contribution in [0.2, 0.25) is 0 Å². The zero-order chi connectivity index (χ0) is 13.2. The van der Waals surface area contributed by atoms with E-state index in [9.17, 15) is 4.79 Å². The molecule has 0 bridgehead atoms. The summed E-state index contributed by atoms with van der Waals surface area (Å²) in [5, 5.41) is 2.87. The van der Waals surface area contributed by atoms with Gasteiger partial charge in [-0.15, -0.1) is 0 Å². The van der Waals surface area contributed by atoms with Crippen molar-refractivity contribution < 1.29 is 4.79 Å². The van der Waals surface area contributed by atoms with Gasteiger partial charge in [-0.05, 0) is 30.9 Å². The summed E-state index contributed by atoms with van der Waals surface area (Å²) in [7, 11) is 0. The van der Waals surface area contributed by atoms with Crippen LogP contribution in [0.1, 0.15) is 36.0 Å². The number of nitrogen functional groups attached to an aromatic ring is 1. The van der Waals surface area contributed by atoms with Gasteiger partial charge in [0.15, 0.2) is 0 Å². The van der Waals surface area contributed by atoms with E-state index in [2.05, 4.69) is 16.6 Å². The number of nitrogens with two attached hydrogens (primary N) is 1. The Morgan fingerprint density at radius 3 is 2.89 bits per heavy atom. The molecule has 1 amide bonds. The van der Waals surface area contributed by atoms with Crippen molar-refractivity contribution in [3.05, 3.63) is 24.0 Å². The molecule has 5 heteroatoms. The van der Waals surface area contributed by atoms with Gasteiger partial charge in [0.25, 0.3) is 5.91 Å². The molecule has 100 valence electrons. The van der Waals surface area contributed by atoms with Gasteiger partial charge in [0.1, 0.15) is 0 Å². The van der Waals surface area contributed by atoms with Crippen LogP contribution in [0.25, 0.3) is 0 Å². The summed E-state index contributed by atoms with van der Waals surface area (Å²) in [6.45, 7) is 0.701. The topological polar surface area (TPSA) is 68.0 Å². The van der Waals surface area contributed by atoms with E-state index in [1.165, 1.54) is 24.8 Å². The first-order chi connectivity index (χ1) is 8.75. The van der Waals surface area contributed by atoms with Crippen molar-refractivity contribution in [2.45, 2.75) is 25.7 Å². The molecule has 0 unspecified atom stereocenters. The van der Waals surface area contributed by atoms with Crippen molar-refractivity contribution in [3.8, 4) is 0 Å². The SMILES string of the molecule is CSCCCCCCNC(=O)c1cnccc1N. The van der Waals surface area contributed by atoms with Crippen molar-refractivity contribution >= 4 is 23.4 Å². The number of nitrogens with one attached hydrogen (secondary N) is 1. The Bertz CT molecular complexity index is 371. The van der Waals surface area contributed by atoms with Crippen LogP contribution in [-0.2, 0) is 0 Å². The minimum Gasteiger partial charge on any atom is -0.398 e. The van der Waals surface area contributed by atoms with Crippen LogP contribution in [0.15, 0.2) is 18.5 Å². The molecule has 0 fully saturated rings. The van der Waals surface area contributed by atoms with Crippen LogP contribution < -0.4 is 11.1 Å². The predicted molar refractivity (Wildman–Crippen MR) is 77.8 cm³/mol. The normalized spacial score (nSPS) is 10.3. The van der Waals surface area contributed by atoms with E-state index >= 15 is 0 Å². The largest absolute Gasteiger partial charge is 0.398 e. The van der Waals surface area contributed by atoms with Crippen molar-refractivity contribution in [2.24, 2.45) is 0 Å². The van der Waals surface area contributed by atoms with Gasteiger partial charge in [-0.2, -0.15) is 11.8 Å². The van der Waals surface area contributed by atoms with Gasteiger partial charge >= 0.3 is 0 Å². The van der Waals surface area contributed by atoms with Gasteiger partial charge in [-0.3, -0.25) is 9.78 Å². The monoisotopic (exact) mass is 267 g/mol. The summed E-state index contributed by atoms with van der Waals surface area (Å²) in [5.41, 5.74) is 6.64. The Hall–Kier alpha value is -1.23. The lowest BCUT2D eigenvalue weighted by Crippen LogP contribution is -2.25. The highest BCUT2D eigenvalue weighted by molar-refractivity contribution is 7.98. The lowest BCUT2D eigenvalue weighted by molar-refractivity contribution is 0.0953. The second-order valence-corrected chi connectivity index (χ2v) is 5.11. The fourth-order valence-electron chi connectivity index (χ4n) is 1.62. The fraction of sp³-hybridized carbons (Fsp3) is 0.538. The van der Waals surface area contributed by atoms with Gasteiger partial charge in [0.05, 0.1) is 5.56 Å². The van der Waals surface area contributed by atoms with E-state index in [-0.39, 0.29) is 5.91 Å². The molecule has 0 atom stereocenters. The number of thioether (sulfide) groups is 1. The number of amides is 1. The highest BCUT2D eigenvalue weighted by atomic mass is 32.2. The second kappa shape index (κ2) is 8.80. The molecule has 4 nitrogen and oxygen atoms in total. The summed E-state index contributed by atoms with van der Waals surface area (Å²) in [6, 6.07) is 1.64. The van der Waals surface area contributed by atoms with Gasteiger partial charge < -0.3 is 11.1 Å². The van der Waals surface area contributed by atoms with Crippen molar-refractivity contribution in [1.82, 2.24) is 10.3 Å². The second-order valence-electron chi connectivity index (χ2n) is 4.13. The fourth-order valence-corrected chi connectivity index (χ4v) is 2.11. The number of pyridine rings is 1. The van der Waals surface area contributed by atoms with Gasteiger partial charge in [-0.1, -0.05) is 12.8 Å². The Kier molecular flexibility index (Phi) is 7.25. The first-order valence-electron chi connectivity index (χ1n) is 6.22. The summed E-state index contributed by atoms with van der Waals surface area (Å²) in [5.74, 6) is 1.09. The summed E-state index contributed by atoms with van der Waals surface area (Å²) in [4.78, 5) is 15.7. The third-order valence-electron chi connectivity index (χ3n) is 2.66. The van der Waals surface area contributed by atoms with Crippen LogP contribution >= 0.6 is 11.8 Å². The molecule has 18 heavy (non-hydrogen) atoms. The molecule has 0 saturated heterocycles. The van der Waals surface area contributed by atoms with Crippen LogP contribution in [0.4, 0.5) is 5.69 Å². The Morgan fingerprint density at radius 1 is 1.39 bits per heavy atom. The number of anilines is 1. The van der Waals surface area contributed by atoms with Crippen molar-refractivity contribution in [3.63, 3.8) is 0 Å². The number of nitrogens with zero attached hydrogens (tertiary/aromatic N) is 1. The van der Waals surface area contributed by atoms with Crippen molar-refractivity contribution in [2.75, 3.05) is 24.3 Å². The number of rotatable bonds is 8. The summed E-state index contributed by atoms with van der Waals surface area (Å²) >= 11 is 1.88. The maximum absolute atomic E-state index is 11.8. The molecule has 3 N–H and O–H groups in total. The minimum atomic E-state index is -0.135. The number of carbonyl (C=O) groups excluding carboxylic acids is 1. The number of unbranched alkanes of at least 4 members (excludes halogenated alkanes) is 3. The highest BCUT2D eigenvalue weighted by Gasteiger charge is 2.07. The van der Waals surface area contributed by atoms with Crippen molar-refractivity contribution in [1.29, 1.82) is 0 Å². The third-order valence-corrected chi connectivity index (χ3v) is 3.36. The maximum atomic E-state index is 11.8. The predicted octanol–water partition coefficient (Wildman–Crippen LogP) is 2.32. The first-order valence-corrected chi connectivity index (χ1v) is 7.61. The standard InChI is InChI=1S/C13H21N3OS/c1-18-9-5-3-2-4-7-16-13(17)11-10-15-8-6-12(11)14/h6,8,10H,2-5,7,9H2,1H3,(H2,14,15)(H,16,17). The third kappa shape index (κ3) is 5.40. The van der Waals surface area contributed by atoms with E-state index in [0.717, 1.165) is 12.8 Å². The van der Waals surface area contributed by atoms with Crippen LogP contribution in [0.5, 0.6) is 0 Å². The van der Waals surface area contributed by atoms with E-state index in [1.54, 1.807) is 12.3 Å². The quantitative estimate of drug-likeness (QED) is 0.709. The first kappa shape index (κ1) is 14.8. The van der Waals surface area contributed by atoms with Crippen LogP contribution in [0, 0.1) is 0 Å². The van der Waals surface area contributed by atoms with E-state index in [1.807, 2.05) is 11.8 Å². The molecule has 0 spiro atoms. The molecule has 1 heterocycles. The summed E-state index contributed by atoms with van der Waals surface area (Å²) < 4.78 is 0. The summed E-state index contributed by atoms with van der Waals surface area (Å²) in [6.07, 6.45) is 9.86. The zero-order valence-corrected chi connectivity index (χ0v) is 11.6. The Morgan fingerprint density at radius 2 is 2.17 bits per heavy atom. The number of hydrogen-bond acceptors (Lipinski definition) is 4. The molecule has 0 aliphatic carbocycles. The van der Waals surface area contributed by atoms with Crippen LogP contribution in [0.3, 0.4) is 0 Å². The molecule has 1 rings (SSSR count). The number of carbonyl (C=O) groups is 1. The molecule has 0 aliphatic rings. The molecule has 0 aliphatic heterocycles.